The Morgan fingerprint density at radius 2 is 0.619 bits per heavy atom. The maximum atomic E-state index is 9.63. The van der Waals surface area contributed by atoms with Crippen LogP contribution in [0.3, 0.4) is 0 Å². The zero-order chi connectivity index (χ0) is 16.6. The Morgan fingerprint density at radius 1 is 0.524 bits per heavy atom. The predicted molar refractivity (Wildman–Crippen MR) is 44.1 cm³/mol. The Balaban J connectivity index is -0.000000295. The van der Waals surface area contributed by atoms with Crippen molar-refractivity contribution in [3.8, 4) is 0 Å². The second-order valence-corrected chi connectivity index (χ2v) is 3.06. The zero-order valence-electron chi connectivity index (χ0n) is 9.86. The molecule has 0 aromatic heterocycles. The Kier molecular flexibility index (Phi) is 13.9. The van der Waals surface area contributed by atoms with Gasteiger partial charge in [-0.25, -0.2) is 0 Å². The van der Waals surface area contributed by atoms with E-state index in [1.54, 1.807) is 0 Å². The van der Waals surface area contributed by atoms with Crippen LogP contribution in [0.15, 0.2) is 0 Å². The number of hydrogen-bond acceptors (Lipinski definition) is 12. The first-order chi connectivity index (χ1) is 8.93. The minimum absolute atomic E-state index is 0. The van der Waals surface area contributed by atoms with Gasteiger partial charge in [0, 0.05) is 0 Å². The normalized spacial score (nSPS) is 15.0. The van der Waals surface area contributed by atoms with Crippen molar-refractivity contribution in [3.63, 3.8) is 0 Å². The first kappa shape index (κ1) is 25.0. The molecule has 0 heterocycles. The third kappa shape index (κ3) is 10.4. The molecule has 0 rings (SSSR count). The minimum atomic E-state index is -2.44. The van der Waals surface area contributed by atoms with Gasteiger partial charge in [-0.1, -0.05) is 0 Å². The summed E-state index contributed by atoms with van der Waals surface area (Å²) in [6.07, 6.45) is -9.76. The van der Waals surface area contributed by atoms with Crippen molar-refractivity contribution in [1.82, 2.24) is 0 Å². The SMILES string of the molecule is O=C([O-])C(O)C(O)C(=O)[O-].O=C([O-])C(O)C(O)C(=O)[O-].[Th+4]. The van der Waals surface area contributed by atoms with Crippen molar-refractivity contribution in [2.75, 3.05) is 0 Å². The number of aliphatic hydroxyl groups is 4. The Bertz CT molecular complexity index is 309. The van der Waals surface area contributed by atoms with Gasteiger partial charge in [0.15, 0.2) is 0 Å². The van der Waals surface area contributed by atoms with E-state index in [0.717, 1.165) is 0 Å². The number of carboxylic acid groups (broad SMARTS) is 4. The number of aliphatic hydroxyl groups excluding tert-OH is 4. The van der Waals surface area contributed by atoms with Gasteiger partial charge in [-0.15, -0.1) is 0 Å². The summed E-state index contributed by atoms with van der Waals surface area (Å²) in [5.74, 6) is -8.23. The second-order valence-electron chi connectivity index (χ2n) is 3.06. The third-order valence-electron chi connectivity index (χ3n) is 1.56. The molecule has 0 aliphatic rings. The Hall–Kier alpha value is -0.955. The molecule has 0 aromatic carbocycles. The maximum Gasteiger partial charge on any atom is 4.00 e. The van der Waals surface area contributed by atoms with Gasteiger partial charge in [-0.2, -0.15) is 0 Å². The second kappa shape index (κ2) is 11.7. The molecule has 116 valence electrons. The Labute approximate surface area is 147 Å². The van der Waals surface area contributed by atoms with Gasteiger partial charge in [0.05, 0.1) is 23.9 Å². The molecule has 4 unspecified atom stereocenters. The van der Waals surface area contributed by atoms with Crippen LogP contribution in [0.2, 0.25) is 0 Å². The van der Waals surface area contributed by atoms with Gasteiger partial charge >= 0.3 is 39.9 Å². The first-order valence-electron chi connectivity index (χ1n) is 4.49. The van der Waals surface area contributed by atoms with Crippen LogP contribution in [0.1, 0.15) is 0 Å². The van der Waals surface area contributed by atoms with Crippen LogP contribution in [0, 0.1) is 39.9 Å². The summed E-state index contributed by atoms with van der Waals surface area (Å²) < 4.78 is 0. The van der Waals surface area contributed by atoms with E-state index in [1.165, 1.54) is 0 Å². The fraction of sp³-hybridized carbons (Fsp3) is 0.500. The minimum Gasteiger partial charge on any atom is -0.547 e. The number of hydrogen-bond donors (Lipinski definition) is 4. The van der Waals surface area contributed by atoms with Crippen LogP contribution in [0.4, 0.5) is 0 Å². The third-order valence-corrected chi connectivity index (χ3v) is 1.56. The summed E-state index contributed by atoms with van der Waals surface area (Å²) in [6, 6.07) is 0. The van der Waals surface area contributed by atoms with E-state index >= 15 is 0 Å². The average molecular weight is 528 g/mol. The molecular weight excluding hydrogens is 520 g/mol. The maximum absolute atomic E-state index is 9.63. The van der Waals surface area contributed by atoms with Crippen LogP contribution < -0.4 is 20.4 Å². The summed E-state index contributed by atoms with van der Waals surface area (Å²) in [4.78, 5) is 38.5. The average Bonchev–Trinajstić information content (AvgIpc) is 2.35. The standard InChI is InChI=1S/2C4H6O6.Th/c2*5-1(3(7)8)2(6)4(9)10;/h2*1-2,5-6H,(H,7,8)(H,9,10);/q;;+4/p-4. The first-order valence-corrected chi connectivity index (χ1v) is 4.49. The van der Waals surface area contributed by atoms with Crippen LogP contribution in [-0.2, 0) is 19.2 Å². The van der Waals surface area contributed by atoms with Crippen LogP contribution in [-0.4, -0.2) is 68.7 Å². The van der Waals surface area contributed by atoms with Gasteiger partial charge in [0.25, 0.3) is 0 Å². The van der Waals surface area contributed by atoms with Crippen LogP contribution in [0.5, 0.6) is 0 Å². The molecule has 0 bridgehead atoms. The smallest absolute Gasteiger partial charge is 0.547 e. The molecule has 0 aliphatic carbocycles. The van der Waals surface area contributed by atoms with Crippen molar-refractivity contribution in [3.05, 3.63) is 0 Å². The van der Waals surface area contributed by atoms with E-state index < -0.39 is 48.3 Å². The zero-order valence-corrected chi connectivity index (χ0v) is 14.0. The van der Waals surface area contributed by atoms with Gasteiger partial charge in [-0.3, -0.25) is 0 Å². The van der Waals surface area contributed by atoms with Crippen molar-refractivity contribution in [2.24, 2.45) is 0 Å². The summed E-state index contributed by atoms with van der Waals surface area (Å²) in [7, 11) is 0. The van der Waals surface area contributed by atoms with E-state index in [4.69, 9.17) is 20.4 Å². The van der Waals surface area contributed by atoms with Crippen molar-refractivity contribution >= 4 is 23.9 Å². The molecule has 21 heavy (non-hydrogen) atoms. The van der Waals surface area contributed by atoms with Crippen molar-refractivity contribution < 1.29 is 100.0 Å². The van der Waals surface area contributed by atoms with Gasteiger partial charge in [0.1, 0.15) is 24.4 Å². The number of rotatable bonds is 6. The molecular formula is C8H8O12Th. The summed E-state index contributed by atoms with van der Waals surface area (Å²) in [6.45, 7) is 0. The number of carboxylic acids is 4. The molecule has 12 nitrogen and oxygen atoms in total. The summed E-state index contributed by atoms with van der Waals surface area (Å²) >= 11 is 0. The molecule has 0 spiro atoms. The molecule has 0 radical (unpaired) electrons. The number of aliphatic carboxylic acids is 4. The molecule has 0 aromatic rings. The van der Waals surface area contributed by atoms with E-state index in [9.17, 15) is 39.6 Å². The van der Waals surface area contributed by atoms with Crippen molar-refractivity contribution in [2.45, 2.75) is 24.4 Å². The molecule has 0 saturated carbocycles. The number of carbonyl (C=O) groups excluding carboxylic acids is 4. The fourth-order valence-electron chi connectivity index (χ4n) is 0.516. The fourth-order valence-corrected chi connectivity index (χ4v) is 0.516. The molecule has 0 saturated heterocycles. The monoisotopic (exact) mass is 528 g/mol. The molecule has 0 amide bonds. The molecule has 13 heteroatoms. The summed E-state index contributed by atoms with van der Waals surface area (Å²) in [5.41, 5.74) is 0. The van der Waals surface area contributed by atoms with Gasteiger partial charge in [-0.05, 0) is 0 Å². The van der Waals surface area contributed by atoms with E-state index in [0.29, 0.717) is 0 Å². The Morgan fingerprint density at radius 3 is 0.667 bits per heavy atom. The molecule has 4 atom stereocenters. The van der Waals surface area contributed by atoms with Gasteiger partial charge < -0.3 is 60.0 Å². The van der Waals surface area contributed by atoms with Crippen LogP contribution in [0.25, 0.3) is 0 Å². The topological polar surface area (TPSA) is 241 Å². The molecule has 0 aliphatic heterocycles. The van der Waals surface area contributed by atoms with E-state index in [2.05, 4.69) is 0 Å². The van der Waals surface area contributed by atoms with E-state index in [1.807, 2.05) is 0 Å². The largest absolute Gasteiger partial charge is 4.00 e. The predicted octanol–water partition coefficient (Wildman–Crippen LogP) is -9.58. The quantitative estimate of drug-likeness (QED) is 0.251. The van der Waals surface area contributed by atoms with Gasteiger partial charge in [0.2, 0.25) is 0 Å². The number of carbonyl (C=O) groups is 4. The van der Waals surface area contributed by atoms with Crippen LogP contribution >= 0.6 is 0 Å². The van der Waals surface area contributed by atoms with Crippen molar-refractivity contribution in [1.29, 1.82) is 0 Å². The molecule has 0 fully saturated rings. The molecule has 4 N–H and O–H groups in total. The summed E-state index contributed by atoms with van der Waals surface area (Å²) in [5, 5.41) is 71.5. The van der Waals surface area contributed by atoms with E-state index in [-0.39, 0.29) is 39.9 Å².